The van der Waals surface area contributed by atoms with Crippen molar-refractivity contribution >= 4 is 29.4 Å². The Kier molecular flexibility index (Phi) is 4.06. The Hall–Kier alpha value is -0.730. The maximum Gasteiger partial charge on any atom is 0.0555 e. The molecule has 0 heterocycles. The summed E-state index contributed by atoms with van der Waals surface area (Å²) in [5, 5.41) is 5.18. The van der Waals surface area contributed by atoms with Crippen molar-refractivity contribution in [2.24, 2.45) is 5.10 Å². The lowest BCUT2D eigenvalue weighted by atomic mass is 10.2. The monoisotopic (exact) mass is 216 g/mol. The van der Waals surface area contributed by atoms with E-state index in [1.165, 1.54) is 0 Å². The second-order valence-electron chi connectivity index (χ2n) is 2.44. The molecule has 0 saturated carbocycles. The van der Waals surface area contributed by atoms with Gasteiger partial charge in [0.25, 0.3) is 0 Å². The number of hydrogen-bond acceptors (Lipinski definition) is 2. The zero-order valence-corrected chi connectivity index (χ0v) is 8.73. The third-order valence-electron chi connectivity index (χ3n) is 1.42. The van der Waals surface area contributed by atoms with Crippen molar-refractivity contribution in [1.82, 2.24) is 5.43 Å². The zero-order chi connectivity index (χ0) is 9.68. The SMILES string of the molecule is CCN/N=C\c1ccc(Cl)cc1Cl. The van der Waals surface area contributed by atoms with Crippen molar-refractivity contribution in [2.75, 3.05) is 6.54 Å². The fraction of sp³-hybridized carbons (Fsp3) is 0.222. The van der Waals surface area contributed by atoms with Crippen molar-refractivity contribution in [2.45, 2.75) is 6.92 Å². The van der Waals surface area contributed by atoms with Crippen LogP contribution in [0.4, 0.5) is 0 Å². The largest absolute Gasteiger partial charge is 0.310 e. The lowest BCUT2D eigenvalue weighted by Crippen LogP contribution is -2.03. The van der Waals surface area contributed by atoms with Gasteiger partial charge in [-0.2, -0.15) is 5.10 Å². The van der Waals surface area contributed by atoms with E-state index in [2.05, 4.69) is 10.5 Å². The highest BCUT2D eigenvalue weighted by molar-refractivity contribution is 6.36. The first-order chi connectivity index (χ1) is 6.24. The fourth-order valence-corrected chi connectivity index (χ4v) is 1.27. The molecule has 0 bridgehead atoms. The van der Waals surface area contributed by atoms with Crippen molar-refractivity contribution in [3.63, 3.8) is 0 Å². The third kappa shape index (κ3) is 3.25. The Morgan fingerprint density at radius 3 is 2.85 bits per heavy atom. The third-order valence-corrected chi connectivity index (χ3v) is 1.98. The lowest BCUT2D eigenvalue weighted by molar-refractivity contribution is 0.788. The molecule has 1 N–H and O–H groups in total. The maximum atomic E-state index is 5.90. The van der Waals surface area contributed by atoms with Gasteiger partial charge in [0, 0.05) is 17.1 Å². The van der Waals surface area contributed by atoms with E-state index >= 15 is 0 Å². The van der Waals surface area contributed by atoms with Crippen LogP contribution < -0.4 is 5.43 Å². The van der Waals surface area contributed by atoms with E-state index in [1.54, 1.807) is 18.3 Å². The van der Waals surface area contributed by atoms with Crippen LogP contribution in [0.5, 0.6) is 0 Å². The number of nitrogens with zero attached hydrogens (tertiary/aromatic N) is 1. The standard InChI is InChI=1S/C9H10Cl2N2/c1-2-12-13-6-7-3-4-8(10)5-9(7)11/h3-6,12H,2H2,1H3/b13-6-. The summed E-state index contributed by atoms with van der Waals surface area (Å²) in [6.07, 6.45) is 1.67. The molecule has 0 atom stereocenters. The van der Waals surface area contributed by atoms with Crippen LogP contribution in [-0.2, 0) is 0 Å². The minimum Gasteiger partial charge on any atom is -0.310 e. The van der Waals surface area contributed by atoms with E-state index < -0.39 is 0 Å². The second kappa shape index (κ2) is 5.10. The Balaban J connectivity index is 2.77. The van der Waals surface area contributed by atoms with E-state index in [9.17, 15) is 0 Å². The fourth-order valence-electron chi connectivity index (χ4n) is 0.813. The summed E-state index contributed by atoms with van der Waals surface area (Å²) in [7, 11) is 0. The van der Waals surface area contributed by atoms with E-state index in [0.717, 1.165) is 12.1 Å². The van der Waals surface area contributed by atoms with Gasteiger partial charge >= 0.3 is 0 Å². The summed E-state index contributed by atoms with van der Waals surface area (Å²) in [6.45, 7) is 2.77. The van der Waals surface area contributed by atoms with Gasteiger partial charge in [0.05, 0.1) is 11.2 Å². The molecule has 0 aliphatic heterocycles. The van der Waals surface area contributed by atoms with Crippen LogP contribution in [0.15, 0.2) is 23.3 Å². The lowest BCUT2D eigenvalue weighted by Gasteiger charge is -1.98. The van der Waals surface area contributed by atoms with Gasteiger partial charge in [-0.25, -0.2) is 0 Å². The molecule has 0 radical (unpaired) electrons. The van der Waals surface area contributed by atoms with Crippen LogP contribution in [0.25, 0.3) is 0 Å². The van der Waals surface area contributed by atoms with Gasteiger partial charge in [-0.3, -0.25) is 0 Å². The van der Waals surface area contributed by atoms with E-state index in [1.807, 2.05) is 13.0 Å². The normalized spacial score (nSPS) is 10.7. The predicted molar refractivity (Wildman–Crippen MR) is 57.7 cm³/mol. The number of hydrazone groups is 1. The van der Waals surface area contributed by atoms with E-state index in [-0.39, 0.29) is 0 Å². The second-order valence-corrected chi connectivity index (χ2v) is 3.28. The van der Waals surface area contributed by atoms with Crippen molar-refractivity contribution in [3.8, 4) is 0 Å². The Bertz CT molecular complexity index is 310. The molecule has 0 fully saturated rings. The number of hydrogen-bond donors (Lipinski definition) is 1. The Morgan fingerprint density at radius 2 is 2.23 bits per heavy atom. The minimum absolute atomic E-state index is 0.606. The van der Waals surface area contributed by atoms with Crippen LogP contribution in [0.1, 0.15) is 12.5 Å². The highest BCUT2D eigenvalue weighted by Crippen LogP contribution is 2.19. The van der Waals surface area contributed by atoms with Gasteiger partial charge in [0.15, 0.2) is 0 Å². The molecule has 70 valence electrons. The molecule has 0 aliphatic carbocycles. The summed E-state index contributed by atoms with van der Waals surface area (Å²) < 4.78 is 0. The van der Waals surface area contributed by atoms with Crippen LogP contribution in [0, 0.1) is 0 Å². The molecule has 0 aliphatic rings. The zero-order valence-electron chi connectivity index (χ0n) is 7.22. The Labute approximate surface area is 87.5 Å². The van der Waals surface area contributed by atoms with Crippen molar-refractivity contribution in [1.29, 1.82) is 0 Å². The molecule has 0 spiro atoms. The first kappa shape index (κ1) is 10.4. The average Bonchev–Trinajstić information content (AvgIpc) is 2.09. The molecule has 4 heteroatoms. The molecular formula is C9H10Cl2N2. The Morgan fingerprint density at radius 1 is 1.46 bits per heavy atom. The van der Waals surface area contributed by atoms with Crippen LogP contribution in [0.3, 0.4) is 0 Å². The molecular weight excluding hydrogens is 207 g/mol. The quantitative estimate of drug-likeness (QED) is 0.610. The van der Waals surface area contributed by atoms with Gasteiger partial charge in [-0.05, 0) is 19.1 Å². The predicted octanol–water partition coefficient (Wildman–Crippen LogP) is 2.94. The van der Waals surface area contributed by atoms with Gasteiger partial charge in [0.1, 0.15) is 0 Å². The summed E-state index contributed by atoms with van der Waals surface area (Å²) >= 11 is 11.6. The first-order valence-electron chi connectivity index (χ1n) is 3.95. The summed E-state index contributed by atoms with van der Waals surface area (Å²) in [4.78, 5) is 0. The number of rotatable bonds is 3. The van der Waals surface area contributed by atoms with Gasteiger partial charge in [-0.15, -0.1) is 0 Å². The van der Waals surface area contributed by atoms with Crippen molar-refractivity contribution in [3.05, 3.63) is 33.8 Å². The van der Waals surface area contributed by atoms with Crippen LogP contribution >= 0.6 is 23.2 Å². The first-order valence-corrected chi connectivity index (χ1v) is 4.70. The molecule has 1 rings (SSSR count). The highest BCUT2D eigenvalue weighted by Gasteiger charge is 1.97. The van der Waals surface area contributed by atoms with Crippen LogP contribution in [-0.4, -0.2) is 12.8 Å². The van der Waals surface area contributed by atoms with Gasteiger partial charge < -0.3 is 5.43 Å². The number of benzene rings is 1. The van der Waals surface area contributed by atoms with Crippen molar-refractivity contribution < 1.29 is 0 Å². The number of nitrogens with one attached hydrogen (secondary N) is 1. The molecule has 2 nitrogen and oxygen atoms in total. The van der Waals surface area contributed by atoms with E-state index in [4.69, 9.17) is 23.2 Å². The van der Waals surface area contributed by atoms with Crippen LogP contribution in [0.2, 0.25) is 10.0 Å². The summed E-state index contributed by atoms with van der Waals surface area (Å²) in [5.41, 5.74) is 3.67. The topological polar surface area (TPSA) is 24.4 Å². The van der Waals surface area contributed by atoms with E-state index in [0.29, 0.717) is 10.0 Å². The summed E-state index contributed by atoms with van der Waals surface area (Å²) in [6, 6.07) is 5.29. The van der Waals surface area contributed by atoms with Gasteiger partial charge in [-0.1, -0.05) is 29.3 Å². The average molecular weight is 217 g/mol. The smallest absolute Gasteiger partial charge is 0.0555 e. The molecule has 0 unspecified atom stereocenters. The summed E-state index contributed by atoms with van der Waals surface area (Å²) in [5.74, 6) is 0. The minimum atomic E-state index is 0.606. The molecule has 0 amide bonds. The molecule has 13 heavy (non-hydrogen) atoms. The number of halogens is 2. The van der Waals surface area contributed by atoms with Gasteiger partial charge in [0.2, 0.25) is 0 Å². The molecule has 1 aromatic rings. The maximum absolute atomic E-state index is 5.90. The molecule has 0 saturated heterocycles. The molecule has 0 aromatic heterocycles. The highest BCUT2D eigenvalue weighted by atomic mass is 35.5. The molecule has 1 aromatic carbocycles.